The first kappa shape index (κ1) is 12.9. The lowest BCUT2D eigenvalue weighted by Crippen LogP contribution is -2.41. The van der Waals surface area contributed by atoms with Crippen molar-refractivity contribution in [3.05, 3.63) is 28.5 Å². The first-order chi connectivity index (χ1) is 9.24. The molecule has 2 aliphatic heterocycles. The molecule has 1 fully saturated rings. The van der Waals surface area contributed by atoms with Crippen LogP contribution < -0.4 is 0 Å². The molecule has 1 saturated heterocycles. The minimum Gasteiger partial charge on any atom is -0.381 e. The lowest BCUT2D eigenvalue weighted by molar-refractivity contribution is -0.139. The Bertz CT molecular complexity index is 486. The van der Waals surface area contributed by atoms with E-state index in [1.807, 2.05) is 11.0 Å². The first-order valence-electron chi connectivity index (χ1n) is 6.74. The summed E-state index contributed by atoms with van der Waals surface area (Å²) in [6.07, 6.45) is 4.36. The number of hydrogen-bond donors (Lipinski definition) is 0. The highest BCUT2D eigenvalue weighted by Gasteiger charge is 2.28. The van der Waals surface area contributed by atoms with Crippen LogP contribution in [-0.4, -0.2) is 35.5 Å². The first-order valence-corrected chi connectivity index (χ1v) is 7.11. The van der Waals surface area contributed by atoms with E-state index in [1.165, 1.54) is 5.56 Å². The van der Waals surface area contributed by atoms with E-state index in [0.29, 0.717) is 24.9 Å². The van der Waals surface area contributed by atoms with Gasteiger partial charge in [-0.1, -0.05) is 11.6 Å². The Hall–Kier alpha value is -1.13. The molecule has 0 saturated carbocycles. The van der Waals surface area contributed by atoms with Gasteiger partial charge < -0.3 is 9.64 Å². The Labute approximate surface area is 117 Å². The van der Waals surface area contributed by atoms with Crippen LogP contribution >= 0.6 is 11.6 Å². The number of amides is 1. The van der Waals surface area contributed by atoms with E-state index in [-0.39, 0.29) is 11.8 Å². The lowest BCUT2D eigenvalue weighted by atomic mass is 9.96. The normalized spacial score (nSPS) is 20.2. The topological polar surface area (TPSA) is 42.4 Å². The van der Waals surface area contributed by atoms with E-state index in [9.17, 15) is 4.79 Å². The quantitative estimate of drug-likeness (QED) is 0.740. The molecule has 1 amide bonds. The summed E-state index contributed by atoms with van der Waals surface area (Å²) in [4.78, 5) is 18.5. The molecule has 3 heterocycles. The van der Waals surface area contributed by atoms with Crippen molar-refractivity contribution in [1.82, 2.24) is 9.88 Å². The zero-order valence-corrected chi connectivity index (χ0v) is 11.5. The van der Waals surface area contributed by atoms with Crippen LogP contribution in [-0.2, 0) is 22.5 Å². The van der Waals surface area contributed by atoms with Crippen molar-refractivity contribution in [3.8, 4) is 0 Å². The number of aromatic nitrogens is 1. The van der Waals surface area contributed by atoms with Crippen molar-refractivity contribution in [2.75, 3.05) is 19.8 Å². The Morgan fingerprint density at radius 2 is 2.16 bits per heavy atom. The maximum Gasteiger partial charge on any atom is 0.226 e. The fraction of sp³-hybridized carbons (Fsp3) is 0.571. The molecule has 2 aliphatic rings. The summed E-state index contributed by atoms with van der Waals surface area (Å²) >= 11 is 5.89. The van der Waals surface area contributed by atoms with Gasteiger partial charge in [-0.25, -0.2) is 4.98 Å². The van der Waals surface area contributed by atoms with Gasteiger partial charge in [0.1, 0.15) is 5.15 Å². The Morgan fingerprint density at radius 1 is 1.37 bits per heavy atom. The second-order valence-corrected chi connectivity index (χ2v) is 5.56. The van der Waals surface area contributed by atoms with Gasteiger partial charge in [-0.3, -0.25) is 4.79 Å². The van der Waals surface area contributed by atoms with Gasteiger partial charge in [0, 0.05) is 38.4 Å². The molecule has 19 heavy (non-hydrogen) atoms. The third-order valence-corrected chi connectivity index (χ3v) is 4.15. The highest BCUT2D eigenvalue weighted by Crippen LogP contribution is 2.24. The van der Waals surface area contributed by atoms with Gasteiger partial charge in [0.25, 0.3) is 0 Å². The van der Waals surface area contributed by atoms with Gasteiger partial charge in [0.05, 0.1) is 0 Å². The molecule has 102 valence electrons. The van der Waals surface area contributed by atoms with Crippen LogP contribution in [0.25, 0.3) is 0 Å². The van der Waals surface area contributed by atoms with Crippen LogP contribution in [0, 0.1) is 5.92 Å². The minimum atomic E-state index is 0.135. The predicted octanol–water partition coefficient (Wildman–Crippen LogP) is 2.05. The van der Waals surface area contributed by atoms with E-state index >= 15 is 0 Å². The summed E-state index contributed by atoms with van der Waals surface area (Å²) in [5.74, 6) is 0.402. The molecule has 0 radical (unpaired) electrons. The second-order valence-electron chi connectivity index (χ2n) is 5.17. The SMILES string of the molecule is O=C(C1CCOCC1)N1CCc2cc(Cl)ncc2C1. The van der Waals surface area contributed by atoms with E-state index in [1.54, 1.807) is 6.20 Å². The summed E-state index contributed by atoms with van der Waals surface area (Å²) < 4.78 is 5.31. The number of rotatable bonds is 1. The highest BCUT2D eigenvalue weighted by atomic mass is 35.5. The number of carbonyl (C=O) groups is 1. The average Bonchev–Trinajstić information content (AvgIpc) is 2.47. The van der Waals surface area contributed by atoms with E-state index < -0.39 is 0 Å². The van der Waals surface area contributed by atoms with E-state index in [0.717, 1.165) is 31.4 Å². The number of fused-ring (bicyclic) bond motifs is 1. The number of halogens is 1. The van der Waals surface area contributed by atoms with Gasteiger partial charge in [0.2, 0.25) is 5.91 Å². The van der Waals surface area contributed by atoms with Crippen molar-refractivity contribution >= 4 is 17.5 Å². The summed E-state index contributed by atoms with van der Waals surface area (Å²) in [7, 11) is 0. The number of carbonyl (C=O) groups excluding carboxylic acids is 1. The van der Waals surface area contributed by atoms with Gasteiger partial charge in [-0.15, -0.1) is 0 Å². The molecule has 0 bridgehead atoms. The predicted molar refractivity (Wildman–Crippen MR) is 71.9 cm³/mol. The molecule has 5 heteroatoms. The number of hydrogen-bond acceptors (Lipinski definition) is 3. The summed E-state index contributed by atoms with van der Waals surface area (Å²) in [5, 5.41) is 0.531. The third-order valence-electron chi connectivity index (χ3n) is 3.94. The zero-order chi connectivity index (χ0) is 13.2. The minimum absolute atomic E-state index is 0.135. The van der Waals surface area contributed by atoms with Gasteiger partial charge in [-0.2, -0.15) is 0 Å². The van der Waals surface area contributed by atoms with Crippen molar-refractivity contribution in [1.29, 1.82) is 0 Å². The van der Waals surface area contributed by atoms with Gasteiger partial charge in [-0.05, 0) is 36.5 Å². The fourth-order valence-electron chi connectivity index (χ4n) is 2.80. The van der Waals surface area contributed by atoms with Gasteiger partial charge >= 0.3 is 0 Å². The van der Waals surface area contributed by atoms with Crippen LogP contribution in [0.4, 0.5) is 0 Å². The van der Waals surface area contributed by atoms with Crippen molar-refractivity contribution in [2.45, 2.75) is 25.8 Å². The smallest absolute Gasteiger partial charge is 0.226 e. The summed E-state index contributed by atoms with van der Waals surface area (Å²) in [5.41, 5.74) is 2.34. The molecule has 1 aromatic heterocycles. The van der Waals surface area contributed by atoms with Crippen molar-refractivity contribution in [2.24, 2.45) is 5.92 Å². The van der Waals surface area contributed by atoms with Crippen LogP contribution in [0.1, 0.15) is 24.0 Å². The summed E-state index contributed by atoms with van der Waals surface area (Å²) in [6, 6.07) is 1.91. The zero-order valence-electron chi connectivity index (χ0n) is 10.8. The second kappa shape index (κ2) is 5.47. The van der Waals surface area contributed by atoms with E-state index in [2.05, 4.69) is 4.98 Å². The number of nitrogens with zero attached hydrogens (tertiary/aromatic N) is 2. The maximum absolute atomic E-state index is 12.5. The maximum atomic E-state index is 12.5. The molecular formula is C14H17ClN2O2. The van der Waals surface area contributed by atoms with Crippen LogP contribution in [0.3, 0.4) is 0 Å². The molecule has 0 aliphatic carbocycles. The molecule has 0 unspecified atom stereocenters. The Morgan fingerprint density at radius 3 is 2.95 bits per heavy atom. The molecule has 0 aromatic carbocycles. The van der Waals surface area contributed by atoms with Crippen LogP contribution in [0.2, 0.25) is 5.15 Å². The highest BCUT2D eigenvalue weighted by molar-refractivity contribution is 6.29. The Kier molecular flexibility index (Phi) is 3.71. The lowest BCUT2D eigenvalue weighted by Gasteiger charge is -2.33. The molecule has 0 N–H and O–H groups in total. The Balaban J connectivity index is 1.71. The third kappa shape index (κ3) is 2.74. The number of ether oxygens (including phenoxy) is 1. The average molecular weight is 281 g/mol. The molecule has 0 atom stereocenters. The van der Waals surface area contributed by atoms with Gasteiger partial charge in [0.15, 0.2) is 0 Å². The van der Waals surface area contributed by atoms with E-state index in [4.69, 9.17) is 16.3 Å². The fourth-order valence-corrected chi connectivity index (χ4v) is 2.98. The van der Waals surface area contributed by atoms with Crippen molar-refractivity contribution < 1.29 is 9.53 Å². The van der Waals surface area contributed by atoms with Crippen molar-refractivity contribution in [3.63, 3.8) is 0 Å². The molecule has 3 rings (SSSR count). The molecule has 4 nitrogen and oxygen atoms in total. The summed E-state index contributed by atoms with van der Waals surface area (Å²) in [6.45, 7) is 2.86. The van der Waals surface area contributed by atoms with Crippen LogP contribution in [0.15, 0.2) is 12.3 Å². The molecule has 0 spiro atoms. The number of pyridine rings is 1. The standard InChI is InChI=1S/C14H17ClN2O2/c15-13-7-11-1-4-17(9-12(11)8-16-13)14(18)10-2-5-19-6-3-10/h7-8,10H,1-6,9H2. The monoisotopic (exact) mass is 280 g/mol. The molecule has 1 aromatic rings. The largest absolute Gasteiger partial charge is 0.381 e. The molecular weight excluding hydrogens is 264 g/mol. The van der Waals surface area contributed by atoms with Crippen LogP contribution in [0.5, 0.6) is 0 Å².